The van der Waals surface area contributed by atoms with Crippen molar-refractivity contribution < 1.29 is 0 Å². The lowest BCUT2D eigenvalue weighted by Crippen LogP contribution is -2.15. The van der Waals surface area contributed by atoms with E-state index in [1.165, 1.54) is 11.3 Å². The van der Waals surface area contributed by atoms with Gasteiger partial charge in [-0.25, -0.2) is 0 Å². The highest BCUT2D eigenvalue weighted by Crippen LogP contribution is 2.20. The number of pyridine rings is 1. The Labute approximate surface area is 115 Å². The van der Waals surface area contributed by atoms with Crippen molar-refractivity contribution in [3.63, 3.8) is 0 Å². The van der Waals surface area contributed by atoms with Crippen LogP contribution >= 0.6 is 11.3 Å². The third-order valence-electron chi connectivity index (χ3n) is 2.93. The largest absolute Gasteiger partial charge is 0.311 e. The molecule has 3 aromatic rings. The van der Waals surface area contributed by atoms with Gasteiger partial charge >= 0.3 is 0 Å². The third-order valence-corrected chi connectivity index (χ3v) is 3.72. The molecule has 0 aliphatic rings. The summed E-state index contributed by atoms with van der Waals surface area (Å²) >= 11 is 1.45. The van der Waals surface area contributed by atoms with Crippen LogP contribution in [0.2, 0.25) is 0 Å². The van der Waals surface area contributed by atoms with E-state index in [9.17, 15) is 0 Å². The lowest BCUT2D eigenvalue weighted by Gasteiger charge is -2.08. The van der Waals surface area contributed by atoms with E-state index in [1.54, 1.807) is 6.20 Å². The molecule has 0 radical (unpaired) electrons. The van der Waals surface area contributed by atoms with E-state index >= 15 is 0 Å². The van der Waals surface area contributed by atoms with Gasteiger partial charge in [0.05, 0.1) is 17.9 Å². The molecule has 0 saturated carbocycles. The molecule has 3 nitrogen and oxygen atoms in total. The Morgan fingerprint density at radius 2 is 1.84 bits per heavy atom. The molecular formula is C15H13N3S. The Hall–Kier alpha value is -2.20. The fourth-order valence-electron chi connectivity index (χ4n) is 1.99. The summed E-state index contributed by atoms with van der Waals surface area (Å²) in [6.45, 7) is 0.632. The van der Waals surface area contributed by atoms with E-state index < -0.39 is 0 Å². The topological polar surface area (TPSA) is 41.7 Å². The number of aromatic nitrogens is 2. The summed E-state index contributed by atoms with van der Waals surface area (Å²) < 4.78 is 1.99. The SMILES string of the molecule is N=c1scc(-c2ccccc2)n1Cc1ccccn1. The van der Waals surface area contributed by atoms with Crippen LogP contribution in [-0.2, 0) is 6.54 Å². The summed E-state index contributed by atoms with van der Waals surface area (Å²) in [5.41, 5.74) is 3.17. The number of hydrogen-bond donors (Lipinski definition) is 1. The molecule has 2 aromatic heterocycles. The van der Waals surface area contributed by atoms with Crippen molar-refractivity contribution in [2.75, 3.05) is 0 Å². The molecule has 0 aliphatic carbocycles. The zero-order valence-electron chi connectivity index (χ0n) is 10.3. The van der Waals surface area contributed by atoms with Gasteiger partial charge < -0.3 is 4.57 Å². The minimum atomic E-state index is 0.546. The first-order chi connectivity index (χ1) is 9.34. The predicted octanol–water partition coefficient (Wildman–Crippen LogP) is 3.14. The van der Waals surface area contributed by atoms with Gasteiger partial charge in [-0.15, -0.1) is 11.3 Å². The van der Waals surface area contributed by atoms with Gasteiger partial charge in [0.2, 0.25) is 0 Å². The molecule has 0 bridgehead atoms. The van der Waals surface area contributed by atoms with Crippen molar-refractivity contribution in [2.24, 2.45) is 0 Å². The monoisotopic (exact) mass is 267 g/mol. The summed E-state index contributed by atoms with van der Waals surface area (Å²) in [6.07, 6.45) is 1.79. The molecule has 19 heavy (non-hydrogen) atoms. The second-order valence-corrected chi connectivity index (χ2v) is 5.06. The first-order valence-electron chi connectivity index (χ1n) is 6.03. The van der Waals surface area contributed by atoms with E-state index in [1.807, 2.05) is 46.3 Å². The van der Waals surface area contributed by atoms with Crippen molar-refractivity contribution in [1.29, 1.82) is 5.41 Å². The van der Waals surface area contributed by atoms with Crippen molar-refractivity contribution in [2.45, 2.75) is 6.54 Å². The van der Waals surface area contributed by atoms with E-state index in [4.69, 9.17) is 5.41 Å². The molecule has 0 spiro atoms. The maximum atomic E-state index is 8.04. The highest BCUT2D eigenvalue weighted by molar-refractivity contribution is 7.07. The fraction of sp³-hybridized carbons (Fsp3) is 0.0667. The molecule has 0 amide bonds. The molecule has 3 rings (SSSR count). The van der Waals surface area contributed by atoms with Crippen molar-refractivity contribution in [1.82, 2.24) is 9.55 Å². The molecule has 0 atom stereocenters. The number of benzene rings is 1. The molecule has 0 saturated heterocycles. The van der Waals surface area contributed by atoms with Crippen LogP contribution in [-0.4, -0.2) is 9.55 Å². The maximum absolute atomic E-state index is 8.04. The Balaban J connectivity index is 2.03. The van der Waals surface area contributed by atoms with Gasteiger partial charge in [-0.05, 0) is 17.7 Å². The number of thiazole rings is 1. The second-order valence-electron chi connectivity index (χ2n) is 4.20. The summed E-state index contributed by atoms with van der Waals surface area (Å²) in [4.78, 5) is 4.88. The molecule has 94 valence electrons. The second kappa shape index (κ2) is 5.20. The van der Waals surface area contributed by atoms with Crippen LogP contribution < -0.4 is 4.80 Å². The minimum absolute atomic E-state index is 0.546. The van der Waals surface area contributed by atoms with Gasteiger partial charge in [0.25, 0.3) is 0 Å². The van der Waals surface area contributed by atoms with Gasteiger partial charge in [-0.3, -0.25) is 10.4 Å². The standard InChI is InChI=1S/C15H13N3S/c16-15-18(10-13-8-4-5-9-17-13)14(11-19-15)12-6-2-1-3-7-12/h1-9,11,16H,10H2. The Morgan fingerprint density at radius 3 is 2.58 bits per heavy atom. The van der Waals surface area contributed by atoms with Crippen LogP contribution in [0.25, 0.3) is 11.3 Å². The molecule has 2 heterocycles. The number of hydrogen-bond acceptors (Lipinski definition) is 3. The van der Waals surface area contributed by atoms with Gasteiger partial charge in [0.15, 0.2) is 4.80 Å². The first-order valence-corrected chi connectivity index (χ1v) is 6.91. The summed E-state index contributed by atoms with van der Waals surface area (Å²) in [5, 5.41) is 10.1. The zero-order chi connectivity index (χ0) is 13.1. The lowest BCUT2D eigenvalue weighted by atomic mass is 10.2. The van der Waals surface area contributed by atoms with Crippen LogP contribution in [0.5, 0.6) is 0 Å². The number of nitrogens with one attached hydrogen (secondary N) is 1. The van der Waals surface area contributed by atoms with Gasteiger partial charge in [-0.1, -0.05) is 36.4 Å². The zero-order valence-corrected chi connectivity index (χ0v) is 11.1. The van der Waals surface area contributed by atoms with E-state index in [2.05, 4.69) is 17.1 Å². The molecule has 4 heteroatoms. The predicted molar refractivity (Wildman–Crippen MR) is 76.9 cm³/mol. The Morgan fingerprint density at radius 1 is 1.05 bits per heavy atom. The lowest BCUT2D eigenvalue weighted by molar-refractivity contribution is 0.747. The molecule has 1 aromatic carbocycles. The molecule has 0 fully saturated rings. The molecule has 0 aliphatic heterocycles. The summed E-state index contributed by atoms with van der Waals surface area (Å²) in [6, 6.07) is 16.0. The summed E-state index contributed by atoms with van der Waals surface area (Å²) in [7, 11) is 0. The van der Waals surface area contributed by atoms with E-state index in [-0.39, 0.29) is 0 Å². The smallest absolute Gasteiger partial charge is 0.182 e. The Kier molecular flexibility index (Phi) is 3.25. The van der Waals surface area contributed by atoms with Crippen LogP contribution in [0.4, 0.5) is 0 Å². The molecule has 1 N–H and O–H groups in total. The normalized spacial score (nSPS) is 10.5. The third kappa shape index (κ3) is 2.48. The minimum Gasteiger partial charge on any atom is -0.311 e. The maximum Gasteiger partial charge on any atom is 0.182 e. The average molecular weight is 267 g/mol. The number of rotatable bonds is 3. The van der Waals surface area contributed by atoms with E-state index in [0.29, 0.717) is 11.3 Å². The molecule has 0 unspecified atom stereocenters. The van der Waals surface area contributed by atoms with Crippen LogP contribution in [0.15, 0.2) is 60.1 Å². The summed E-state index contributed by atoms with van der Waals surface area (Å²) in [5.74, 6) is 0. The van der Waals surface area contributed by atoms with Gasteiger partial charge in [0, 0.05) is 11.6 Å². The van der Waals surface area contributed by atoms with Crippen LogP contribution in [0, 0.1) is 5.41 Å². The molecular weight excluding hydrogens is 254 g/mol. The highest BCUT2D eigenvalue weighted by Gasteiger charge is 2.07. The van der Waals surface area contributed by atoms with Gasteiger partial charge in [0.1, 0.15) is 0 Å². The van der Waals surface area contributed by atoms with Crippen LogP contribution in [0.1, 0.15) is 5.69 Å². The van der Waals surface area contributed by atoms with Gasteiger partial charge in [-0.2, -0.15) is 0 Å². The Bertz CT molecular complexity index is 714. The number of nitrogens with zero attached hydrogens (tertiary/aromatic N) is 2. The van der Waals surface area contributed by atoms with Crippen molar-refractivity contribution >= 4 is 11.3 Å². The highest BCUT2D eigenvalue weighted by atomic mass is 32.1. The van der Waals surface area contributed by atoms with Crippen molar-refractivity contribution in [3.05, 3.63) is 70.6 Å². The van der Waals surface area contributed by atoms with Crippen LogP contribution in [0.3, 0.4) is 0 Å². The first kappa shape index (κ1) is 11.9. The fourth-order valence-corrected chi connectivity index (χ4v) is 2.77. The quantitative estimate of drug-likeness (QED) is 0.778. The van der Waals surface area contributed by atoms with E-state index in [0.717, 1.165) is 17.0 Å². The average Bonchev–Trinajstić information content (AvgIpc) is 2.82. The van der Waals surface area contributed by atoms with Crippen molar-refractivity contribution in [3.8, 4) is 11.3 Å².